The maximum Gasteiger partial charge on any atom is 0.289 e. The van der Waals surface area contributed by atoms with Crippen molar-refractivity contribution >= 4 is 16.9 Å². The quantitative estimate of drug-likeness (QED) is 0.734. The number of likely N-dealkylation sites (tertiary alicyclic amines) is 1. The first-order valence-electron chi connectivity index (χ1n) is 6.91. The van der Waals surface area contributed by atoms with Crippen LogP contribution in [-0.4, -0.2) is 38.9 Å². The van der Waals surface area contributed by atoms with E-state index in [0.29, 0.717) is 11.7 Å². The van der Waals surface area contributed by atoms with E-state index in [1.54, 1.807) is 15.8 Å². The number of carbonyl (C=O) groups excluding carboxylic acids is 1. The Morgan fingerprint density at radius 2 is 2.19 bits per heavy atom. The third kappa shape index (κ3) is 2.18. The van der Waals surface area contributed by atoms with Gasteiger partial charge in [0.1, 0.15) is 5.58 Å². The van der Waals surface area contributed by atoms with Gasteiger partial charge in [-0.25, -0.2) is 0 Å². The second-order valence-electron chi connectivity index (χ2n) is 5.35. The van der Waals surface area contributed by atoms with Crippen LogP contribution in [0.2, 0.25) is 0 Å². The number of fused-ring (bicyclic) bond motifs is 1. The lowest BCUT2D eigenvalue weighted by Gasteiger charge is -2.38. The number of aromatic nitrogens is 3. The molecular formula is C15H14N4O2. The number of benzene rings is 1. The average Bonchev–Trinajstić information content (AvgIpc) is 3.10. The molecule has 1 aromatic carbocycles. The Kier molecular flexibility index (Phi) is 2.73. The van der Waals surface area contributed by atoms with Crippen molar-refractivity contribution in [3.63, 3.8) is 0 Å². The van der Waals surface area contributed by atoms with Gasteiger partial charge in [-0.05, 0) is 12.1 Å². The first kappa shape index (κ1) is 12.1. The third-order valence-electron chi connectivity index (χ3n) is 3.80. The standard InChI is InChI=1S/C15H14N4O2/c20-15(14-7-12-3-1-2-4-13(12)21-14)18-8-11(9-18)10-19-6-5-16-17-19/h1-7,11H,8-10H2. The summed E-state index contributed by atoms with van der Waals surface area (Å²) in [6.45, 7) is 2.26. The summed E-state index contributed by atoms with van der Waals surface area (Å²) in [6, 6.07) is 9.46. The summed E-state index contributed by atoms with van der Waals surface area (Å²) in [5.41, 5.74) is 0.750. The highest BCUT2D eigenvalue weighted by Crippen LogP contribution is 2.24. The summed E-state index contributed by atoms with van der Waals surface area (Å²) in [4.78, 5) is 14.1. The van der Waals surface area contributed by atoms with Gasteiger partial charge in [0.2, 0.25) is 0 Å². The van der Waals surface area contributed by atoms with Gasteiger partial charge in [0.15, 0.2) is 5.76 Å². The topological polar surface area (TPSA) is 64.2 Å². The normalized spacial score (nSPS) is 15.3. The molecule has 3 aromatic rings. The molecule has 0 radical (unpaired) electrons. The minimum atomic E-state index is -0.0407. The monoisotopic (exact) mass is 282 g/mol. The van der Waals surface area contributed by atoms with Crippen LogP contribution in [-0.2, 0) is 6.54 Å². The van der Waals surface area contributed by atoms with Gasteiger partial charge in [-0.15, -0.1) is 5.10 Å². The van der Waals surface area contributed by atoms with Gasteiger partial charge in [-0.2, -0.15) is 0 Å². The maximum absolute atomic E-state index is 12.3. The van der Waals surface area contributed by atoms with Crippen molar-refractivity contribution in [1.82, 2.24) is 19.9 Å². The molecule has 6 heteroatoms. The van der Waals surface area contributed by atoms with Crippen molar-refractivity contribution < 1.29 is 9.21 Å². The van der Waals surface area contributed by atoms with E-state index >= 15 is 0 Å². The predicted octanol–water partition coefficient (Wildman–Crippen LogP) is 1.80. The number of hydrogen-bond acceptors (Lipinski definition) is 4. The lowest BCUT2D eigenvalue weighted by molar-refractivity contribution is 0.0431. The van der Waals surface area contributed by atoms with E-state index in [1.807, 2.05) is 36.5 Å². The zero-order chi connectivity index (χ0) is 14.2. The third-order valence-corrected chi connectivity index (χ3v) is 3.80. The summed E-state index contributed by atoms with van der Waals surface area (Å²) in [6.07, 6.45) is 3.50. The van der Waals surface area contributed by atoms with Gasteiger partial charge < -0.3 is 9.32 Å². The Morgan fingerprint density at radius 3 is 2.95 bits per heavy atom. The summed E-state index contributed by atoms with van der Waals surface area (Å²) < 4.78 is 7.41. The van der Waals surface area contributed by atoms with E-state index in [9.17, 15) is 4.79 Å². The molecular weight excluding hydrogens is 268 g/mol. The number of carbonyl (C=O) groups is 1. The molecule has 0 spiro atoms. The van der Waals surface area contributed by atoms with Crippen LogP contribution in [0.1, 0.15) is 10.6 Å². The van der Waals surface area contributed by atoms with Crippen LogP contribution in [0.5, 0.6) is 0 Å². The predicted molar refractivity (Wildman–Crippen MR) is 75.6 cm³/mol. The van der Waals surface area contributed by atoms with Gasteiger partial charge in [-0.1, -0.05) is 23.4 Å². The van der Waals surface area contributed by atoms with Crippen LogP contribution < -0.4 is 0 Å². The summed E-state index contributed by atoms with van der Waals surface area (Å²) >= 11 is 0. The highest BCUT2D eigenvalue weighted by Gasteiger charge is 2.33. The Balaban J connectivity index is 1.42. The number of furan rings is 1. The van der Waals surface area contributed by atoms with E-state index < -0.39 is 0 Å². The molecule has 21 heavy (non-hydrogen) atoms. The number of nitrogens with zero attached hydrogens (tertiary/aromatic N) is 4. The summed E-state index contributed by atoms with van der Waals surface area (Å²) in [5, 5.41) is 8.68. The van der Waals surface area contributed by atoms with Crippen LogP contribution in [0, 0.1) is 5.92 Å². The Morgan fingerprint density at radius 1 is 1.33 bits per heavy atom. The molecule has 0 unspecified atom stereocenters. The Labute approximate surface area is 121 Å². The molecule has 6 nitrogen and oxygen atoms in total. The van der Waals surface area contributed by atoms with Crippen LogP contribution in [0.4, 0.5) is 0 Å². The van der Waals surface area contributed by atoms with E-state index in [1.165, 1.54) is 0 Å². The van der Waals surface area contributed by atoms with Gasteiger partial charge in [-0.3, -0.25) is 9.48 Å². The molecule has 1 amide bonds. The SMILES string of the molecule is O=C(c1cc2ccccc2o1)N1CC(Cn2ccnn2)C1. The lowest BCUT2D eigenvalue weighted by Crippen LogP contribution is -2.51. The van der Waals surface area contributed by atoms with E-state index in [2.05, 4.69) is 10.3 Å². The molecule has 0 N–H and O–H groups in total. The van der Waals surface area contributed by atoms with Crippen LogP contribution in [0.25, 0.3) is 11.0 Å². The van der Waals surface area contributed by atoms with Gasteiger partial charge in [0.05, 0.1) is 6.20 Å². The Hall–Kier alpha value is -2.63. The van der Waals surface area contributed by atoms with E-state index in [4.69, 9.17) is 4.42 Å². The molecule has 0 saturated carbocycles. The van der Waals surface area contributed by atoms with Crippen molar-refractivity contribution in [3.8, 4) is 0 Å². The first-order valence-corrected chi connectivity index (χ1v) is 6.91. The van der Waals surface area contributed by atoms with Crippen molar-refractivity contribution in [2.75, 3.05) is 13.1 Å². The highest BCUT2D eigenvalue weighted by atomic mass is 16.3. The summed E-state index contributed by atoms with van der Waals surface area (Å²) in [7, 11) is 0. The van der Waals surface area contributed by atoms with Gasteiger partial charge in [0.25, 0.3) is 5.91 Å². The molecule has 2 aromatic heterocycles. The second-order valence-corrected chi connectivity index (χ2v) is 5.35. The molecule has 106 valence electrons. The number of rotatable bonds is 3. The van der Waals surface area contributed by atoms with Crippen LogP contribution in [0.3, 0.4) is 0 Å². The van der Waals surface area contributed by atoms with Crippen molar-refractivity contribution in [1.29, 1.82) is 0 Å². The van der Waals surface area contributed by atoms with Crippen molar-refractivity contribution in [3.05, 3.63) is 48.5 Å². The fraction of sp³-hybridized carbons (Fsp3) is 0.267. The fourth-order valence-corrected chi connectivity index (χ4v) is 2.69. The Bertz CT molecular complexity index is 739. The molecule has 0 bridgehead atoms. The first-order chi connectivity index (χ1) is 10.3. The van der Waals surface area contributed by atoms with Crippen molar-refractivity contribution in [2.24, 2.45) is 5.92 Å². The minimum Gasteiger partial charge on any atom is -0.451 e. The number of amides is 1. The zero-order valence-corrected chi connectivity index (χ0v) is 11.3. The van der Waals surface area contributed by atoms with E-state index in [-0.39, 0.29) is 5.91 Å². The maximum atomic E-state index is 12.3. The van der Waals surface area contributed by atoms with Crippen LogP contribution in [0.15, 0.2) is 47.1 Å². The summed E-state index contributed by atoms with van der Waals surface area (Å²) in [5.74, 6) is 0.802. The van der Waals surface area contributed by atoms with Crippen LogP contribution >= 0.6 is 0 Å². The molecule has 1 fully saturated rings. The number of para-hydroxylation sites is 1. The van der Waals surface area contributed by atoms with Gasteiger partial charge in [0, 0.05) is 37.1 Å². The van der Waals surface area contributed by atoms with E-state index in [0.717, 1.165) is 30.6 Å². The lowest BCUT2D eigenvalue weighted by atomic mass is 10.00. The average molecular weight is 282 g/mol. The highest BCUT2D eigenvalue weighted by molar-refractivity contribution is 5.96. The molecule has 1 aliphatic rings. The molecule has 0 atom stereocenters. The van der Waals surface area contributed by atoms with Gasteiger partial charge >= 0.3 is 0 Å². The zero-order valence-electron chi connectivity index (χ0n) is 11.3. The molecule has 0 aliphatic carbocycles. The number of hydrogen-bond donors (Lipinski definition) is 0. The second kappa shape index (κ2) is 4.73. The van der Waals surface area contributed by atoms with Crippen molar-refractivity contribution in [2.45, 2.75) is 6.54 Å². The molecule has 4 rings (SSSR count). The molecule has 1 saturated heterocycles. The molecule has 3 heterocycles. The molecule has 1 aliphatic heterocycles. The fourth-order valence-electron chi connectivity index (χ4n) is 2.69. The smallest absolute Gasteiger partial charge is 0.289 e. The minimum absolute atomic E-state index is 0.0407. The largest absolute Gasteiger partial charge is 0.451 e.